The number of carboxylic acids is 1. The molecule has 51 heavy (non-hydrogen) atoms. The van der Waals surface area contributed by atoms with E-state index in [9.17, 15) is 24.3 Å². The Kier molecular flexibility index (Phi) is 10.9. The average Bonchev–Trinajstić information content (AvgIpc) is 3.38. The van der Waals surface area contributed by atoms with Crippen LogP contribution in [0.5, 0.6) is 5.88 Å². The first-order valence-electron chi connectivity index (χ1n) is 18.2. The first kappa shape index (κ1) is 36.5. The molecule has 3 aromatic rings. The van der Waals surface area contributed by atoms with Crippen LogP contribution in [-0.2, 0) is 19.1 Å². The van der Waals surface area contributed by atoms with E-state index in [2.05, 4.69) is 17.6 Å². The number of carboxylic acid groups (broad SMARTS) is 1. The Bertz CT molecular complexity index is 1740. The van der Waals surface area contributed by atoms with Gasteiger partial charge in [-0.1, -0.05) is 63.6 Å². The molecular formula is C38H49N5O7S. The Morgan fingerprint density at radius 3 is 2.35 bits per heavy atom. The number of rotatable bonds is 5. The van der Waals surface area contributed by atoms with Crippen LogP contribution in [0.2, 0.25) is 0 Å². The van der Waals surface area contributed by atoms with Crippen LogP contribution in [0.15, 0.2) is 41.8 Å². The molecule has 0 bridgehead atoms. The highest BCUT2D eigenvalue weighted by Crippen LogP contribution is 2.47. The van der Waals surface area contributed by atoms with E-state index in [0.717, 1.165) is 37.0 Å². The number of nitrogens with one attached hydrogen (secondary N) is 2. The zero-order chi connectivity index (χ0) is 36.3. The van der Waals surface area contributed by atoms with Crippen LogP contribution in [0.25, 0.3) is 21.6 Å². The van der Waals surface area contributed by atoms with Crippen molar-refractivity contribution in [2.24, 2.45) is 11.8 Å². The molecule has 1 aromatic carbocycles. The molecule has 3 fully saturated rings. The maximum Gasteiger partial charge on any atom is 0.408 e. The number of alkyl carbamates (subject to hydrolysis) is 1. The van der Waals surface area contributed by atoms with Crippen molar-refractivity contribution in [3.05, 3.63) is 41.8 Å². The summed E-state index contributed by atoms with van der Waals surface area (Å²) >= 11 is 1.50. The Labute approximate surface area is 302 Å². The zero-order valence-corrected chi connectivity index (χ0v) is 30.7. The summed E-state index contributed by atoms with van der Waals surface area (Å²) in [5, 5.41) is 17.9. The number of amides is 3. The standard InChI is InChI=1S/C38H49N5O7S/c1-23-12-5-7-14-24-21-38(24,35(46)47)42-32(44)29-20-25(22-43(29)34(45)28(17-8-6-13-23)41-36(48)50-37(2,3)4)49-33-31(30-18-11-19-51-30)39-26-15-9-10-16-27(26)40-33/h9-11,15-16,18-19,23-25,28-29H,5-8,12-14,17,20-22H2,1-4H3,(H,41,48)(H,42,44)(H,46,47)/t23?,24?,25-,28+,29+,38?/m1/s1. The highest BCUT2D eigenvalue weighted by molar-refractivity contribution is 7.13. The number of nitrogens with zero attached hydrogens (tertiary/aromatic N) is 3. The molecule has 2 aromatic heterocycles. The summed E-state index contributed by atoms with van der Waals surface area (Å²) in [6.45, 7) is 7.51. The predicted molar refractivity (Wildman–Crippen MR) is 193 cm³/mol. The SMILES string of the molecule is CC1CCCCC2CC2(C(=O)O)NC(=O)[C@@H]2C[C@@H](Oc3nc4ccccc4nc3-c3cccs3)CN2C(=O)[C@@H](NC(=O)OC(C)(C)C)CCCC1. The minimum absolute atomic E-state index is 0.0301. The molecule has 6 rings (SSSR count). The molecule has 2 saturated heterocycles. The number of fused-ring (bicyclic) bond motifs is 3. The van der Waals surface area contributed by atoms with Crippen molar-refractivity contribution in [2.45, 2.75) is 121 Å². The van der Waals surface area contributed by atoms with Gasteiger partial charge in [0.05, 0.1) is 22.5 Å². The van der Waals surface area contributed by atoms with E-state index < -0.39 is 53.2 Å². The van der Waals surface area contributed by atoms with Gasteiger partial charge in [-0.3, -0.25) is 9.59 Å². The van der Waals surface area contributed by atoms with E-state index in [-0.39, 0.29) is 24.8 Å². The summed E-state index contributed by atoms with van der Waals surface area (Å²) in [5.41, 5.74) is -0.242. The maximum atomic E-state index is 14.5. The lowest BCUT2D eigenvalue weighted by Crippen LogP contribution is -2.56. The van der Waals surface area contributed by atoms with Crippen LogP contribution in [-0.4, -0.2) is 79.7 Å². The summed E-state index contributed by atoms with van der Waals surface area (Å²) in [6.07, 6.45) is 5.63. The first-order valence-corrected chi connectivity index (χ1v) is 19.0. The molecule has 274 valence electrons. The summed E-state index contributed by atoms with van der Waals surface area (Å²) in [7, 11) is 0. The van der Waals surface area contributed by atoms with E-state index in [0.29, 0.717) is 48.3 Å². The topological polar surface area (TPSA) is 160 Å². The van der Waals surface area contributed by atoms with Gasteiger partial charge in [0.1, 0.15) is 35.0 Å². The molecule has 4 heterocycles. The third-order valence-corrected chi connectivity index (χ3v) is 11.1. The molecule has 2 aliphatic heterocycles. The van der Waals surface area contributed by atoms with Gasteiger partial charge in [-0.25, -0.2) is 19.6 Å². The van der Waals surface area contributed by atoms with Crippen LogP contribution in [0.3, 0.4) is 0 Å². The molecule has 6 atom stereocenters. The lowest BCUT2D eigenvalue weighted by Gasteiger charge is -2.30. The molecule has 3 N–H and O–H groups in total. The highest BCUT2D eigenvalue weighted by atomic mass is 32.1. The number of hydrogen-bond acceptors (Lipinski definition) is 9. The number of carbonyl (C=O) groups excluding carboxylic acids is 3. The molecule has 3 amide bonds. The van der Waals surface area contributed by atoms with Crippen LogP contribution in [0.4, 0.5) is 4.79 Å². The fourth-order valence-corrected chi connectivity index (χ4v) is 8.10. The van der Waals surface area contributed by atoms with E-state index in [1.165, 1.54) is 16.2 Å². The van der Waals surface area contributed by atoms with E-state index >= 15 is 0 Å². The second-order valence-corrected chi connectivity index (χ2v) is 16.3. The van der Waals surface area contributed by atoms with Crippen LogP contribution >= 0.6 is 11.3 Å². The van der Waals surface area contributed by atoms with Gasteiger partial charge in [-0.2, -0.15) is 0 Å². The van der Waals surface area contributed by atoms with Gasteiger partial charge in [0.15, 0.2) is 0 Å². The van der Waals surface area contributed by atoms with Crippen LogP contribution in [0, 0.1) is 11.8 Å². The number of aliphatic carboxylic acids is 1. The molecular weight excluding hydrogens is 671 g/mol. The van der Waals surface area contributed by atoms with Gasteiger partial charge >= 0.3 is 12.1 Å². The van der Waals surface area contributed by atoms with Gasteiger partial charge in [0, 0.05) is 6.42 Å². The largest absolute Gasteiger partial charge is 0.479 e. The average molecular weight is 720 g/mol. The number of thiophene rings is 1. The van der Waals surface area contributed by atoms with Crippen molar-refractivity contribution < 1.29 is 33.8 Å². The van der Waals surface area contributed by atoms with Crippen LogP contribution in [0.1, 0.15) is 91.9 Å². The Hall–Kier alpha value is -4.26. The van der Waals surface area contributed by atoms with Gasteiger partial charge < -0.3 is 30.1 Å². The lowest BCUT2D eigenvalue weighted by atomic mass is 9.95. The molecule has 0 radical (unpaired) electrons. The van der Waals surface area contributed by atoms with Crippen molar-refractivity contribution in [1.29, 1.82) is 0 Å². The predicted octanol–water partition coefficient (Wildman–Crippen LogP) is 6.33. The molecule has 3 unspecified atom stereocenters. The Morgan fingerprint density at radius 1 is 1.00 bits per heavy atom. The maximum absolute atomic E-state index is 14.5. The van der Waals surface area contributed by atoms with E-state index in [4.69, 9.17) is 19.4 Å². The number of aromatic nitrogens is 2. The molecule has 12 nitrogen and oxygen atoms in total. The molecule has 3 aliphatic rings. The van der Waals surface area contributed by atoms with E-state index in [1.54, 1.807) is 20.8 Å². The van der Waals surface area contributed by atoms with Gasteiger partial charge in [-0.05, 0) is 75.4 Å². The highest BCUT2D eigenvalue weighted by Gasteiger charge is 2.62. The van der Waals surface area contributed by atoms with Gasteiger partial charge in [-0.15, -0.1) is 11.3 Å². The molecule has 1 saturated carbocycles. The quantitative estimate of drug-likeness (QED) is 0.274. The second-order valence-electron chi connectivity index (χ2n) is 15.4. The lowest BCUT2D eigenvalue weighted by molar-refractivity contribution is -0.146. The number of ether oxygens (including phenoxy) is 2. The van der Waals surface area contributed by atoms with Crippen molar-refractivity contribution in [3.8, 4) is 16.5 Å². The number of carbonyl (C=O) groups is 4. The number of benzene rings is 1. The monoisotopic (exact) mass is 719 g/mol. The van der Waals surface area contributed by atoms with Crippen molar-refractivity contribution in [2.75, 3.05) is 6.54 Å². The molecule has 1 aliphatic carbocycles. The minimum Gasteiger partial charge on any atom is -0.479 e. The Balaban J connectivity index is 1.32. The summed E-state index contributed by atoms with van der Waals surface area (Å²) in [6, 6.07) is 9.35. The number of para-hydroxylation sites is 2. The normalized spacial score (nSPS) is 27.8. The fraction of sp³-hybridized carbons (Fsp3) is 0.579. The van der Waals surface area contributed by atoms with Crippen molar-refractivity contribution >= 4 is 46.2 Å². The van der Waals surface area contributed by atoms with Crippen LogP contribution < -0.4 is 15.4 Å². The molecule has 13 heteroatoms. The third-order valence-electron chi connectivity index (χ3n) is 10.2. The van der Waals surface area contributed by atoms with Gasteiger partial charge in [0.2, 0.25) is 17.7 Å². The van der Waals surface area contributed by atoms with Crippen molar-refractivity contribution in [1.82, 2.24) is 25.5 Å². The third kappa shape index (κ3) is 8.62. The summed E-state index contributed by atoms with van der Waals surface area (Å²) in [4.78, 5) is 66.2. The minimum atomic E-state index is -1.37. The summed E-state index contributed by atoms with van der Waals surface area (Å²) in [5.74, 6) is -1.46. The smallest absolute Gasteiger partial charge is 0.408 e. The zero-order valence-electron chi connectivity index (χ0n) is 29.9. The Morgan fingerprint density at radius 2 is 1.69 bits per heavy atom. The first-order chi connectivity index (χ1) is 24.3. The number of hydrogen-bond donors (Lipinski definition) is 3. The second kappa shape index (κ2) is 15.1. The van der Waals surface area contributed by atoms with Crippen molar-refractivity contribution in [3.63, 3.8) is 0 Å². The summed E-state index contributed by atoms with van der Waals surface area (Å²) < 4.78 is 12.1. The van der Waals surface area contributed by atoms with E-state index in [1.807, 2.05) is 41.8 Å². The molecule has 0 spiro atoms. The fourth-order valence-electron chi connectivity index (χ4n) is 7.40. The van der Waals surface area contributed by atoms with Gasteiger partial charge in [0.25, 0.3) is 0 Å².